The molecule has 4 N–H and O–H groups in total. The van der Waals surface area contributed by atoms with Crippen molar-refractivity contribution in [3.63, 3.8) is 0 Å². The number of primary amides is 1. The zero-order chi connectivity index (χ0) is 14.9. The van der Waals surface area contributed by atoms with Gasteiger partial charge in [0.15, 0.2) is 11.5 Å². The number of amides is 1. The Morgan fingerprint density at radius 3 is 2.65 bits per heavy atom. The Labute approximate surface area is 112 Å². The predicted molar refractivity (Wildman–Crippen MR) is 65.7 cm³/mol. The fraction of sp³-hybridized carbons (Fsp3) is 0.167. The number of carbonyl (C=O) groups is 1. The summed E-state index contributed by atoms with van der Waals surface area (Å²) >= 11 is 0. The molecule has 2 rings (SSSR count). The monoisotopic (exact) mass is 284 g/mol. The van der Waals surface area contributed by atoms with E-state index in [0.717, 1.165) is 12.1 Å². The standard InChI is InChI=1S/C12H11F3N4O/c13-12(14,15)8-3-1-2-7(4-8)5-19-6-18-10(16)9(19)11(17)20/h1-4,6H,5,16H2,(H2,17,20). The first-order valence-corrected chi connectivity index (χ1v) is 5.55. The van der Waals surface area contributed by atoms with Gasteiger partial charge in [0.1, 0.15) is 0 Å². The number of nitrogens with two attached hydrogens (primary N) is 2. The van der Waals surface area contributed by atoms with Crippen LogP contribution in [0.5, 0.6) is 0 Å². The summed E-state index contributed by atoms with van der Waals surface area (Å²) in [5.41, 5.74) is 10.2. The average molecular weight is 284 g/mol. The second-order valence-corrected chi connectivity index (χ2v) is 4.17. The molecule has 2 aromatic rings. The number of carbonyl (C=O) groups excluding carboxylic acids is 1. The molecule has 1 aromatic carbocycles. The van der Waals surface area contributed by atoms with Gasteiger partial charge in [-0.2, -0.15) is 13.2 Å². The molecule has 106 valence electrons. The Kier molecular flexibility index (Phi) is 3.39. The Morgan fingerprint density at radius 1 is 1.35 bits per heavy atom. The summed E-state index contributed by atoms with van der Waals surface area (Å²) in [7, 11) is 0. The zero-order valence-corrected chi connectivity index (χ0v) is 10.2. The molecule has 0 aliphatic rings. The van der Waals surface area contributed by atoms with Crippen molar-refractivity contribution in [1.29, 1.82) is 0 Å². The van der Waals surface area contributed by atoms with Gasteiger partial charge in [-0.25, -0.2) is 4.98 Å². The molecular weight excluding hydrogens is 273 g/mol. The molecule has 8 heteroatoms. The number of nitrogen functional groups attached to an aromatic ring is 1. The SMILES string of the molecule is NC(=O)c1c(N)ncn1Cc1cccc(C(F)(F)F)c1. The van der Waals surface area contributed by atoms with Gasteiger partial charge in [0.25, 0.3) is 5.91 Å². The van der Waals surface area contributed by atoms with Crippen LogP contribution in [0.15, 0.2) is 30.6 Å². The number of nitrogens with zero attached hydrogens (tertiary/aromatic N) is 2. The number of aromatic nitrogens is 2. The van der Waals surface area contributed by atoms with Gasteiger partial charge in [0.05, 0.1) is 11.9 Å². The number of benzene rings is 1. The van der Waals surface area contributed by atoms with E-state index in [4.69, 9.17) is 11.5 Å². The van der Waals surface area contributed by atoms with Gasteiger partial charge < -0.3 is 16.0 Å². The highest BCUT2D eigenvalue weighted by Crippen LogP contribution is 2.29. The molecule has 1 amide bonds. The summed E-state index contributed by atoms with van der Waals surface area (Å²) in [5.74, 6) is -0.837. The van der Waals surface area contributed by atoms with E-state index >= 15 is 0 Å². The quantitative estimate of drug-likeness (QED) is 0.898. The summed E-state index contributed by atoms with van der Waals surface area (Å²) in [6.45, 7) is 0.0202. The third-order valence-electron chi connectivity index (χ3n) is 2.71. The van der Waals surface area contributed by atoms with Gasteiger partial charge in [0, 0.05) is 6.54 Å². The highest BCUT2D eigenvalue weighted by Gasteiger charge is 2.30. The van der Waals surface area contributed by atoms with Crippen LogP contribution in [0.4, 0.5) is 19.0 Å². The molecule has 5 nitrogen and oxygen atoms in total. The lowest BCUT2D eigenvalue weighted by atomic mass is 10.1. The van der Waals surface area contributed by atoms with E-state index in [1.807, 2.05) is 0 Å². The summed E-state index contributed by atoms with van der Waals surface area (Å²) in [5, 5.41) is 0. The third-order valence-corrected chi connectivity index (χ3v) is 2.71. The first kappa shape index (κ1) is 13.9. The third kappa shape index (κ3) is 2.73. The maximum absolute atomic E-state index is 12.6. The molecule has 0 unspecified atom stereocenters. The van der Waals surface area contributed by atoms with E-state index in [2.05, 4.69) is 4.98 Å². The molecule has 0 saturated carbocycles. The molecular formula is C12H11F3N4O. The molecule has 20 heavy (non-hydrogen) atoms. The van der Waals surface area contributed by atoms with E-state index in [9.17, 15) is 18.0 Å². The van der Waals surface area contributed by atoms with Crippen LogP contribution in [0.1, 0.15) is 21.6 Å². The lowest BCUT2D eigenvalue weighted by Crippen LogP contribution is -2.18. The van der Waals surface area contributed by atoms with Crippen LogP contribution in [0.3, 0.4) is 0 Å². The summed E-state index contributed by atoms with van der Waals surface area (Å²) in [6.07, 6.45) is -3.16. The topological polar surface area (TPSA) is 86.9 Å². The van der Waals surface area contributed by atoms with Gasteiger partial charge >= 0.3 is 6.18 Å². The number of imidazole rings is 1. The van der Waals surface area contributed by atoms with Crippen LogP contribution < -0.4 is 11.5 Å². The molecule has 0 aliphatic heterocycles. The van der Waals surface area contributed by atoms with E-state index in [1.54, 1.807) is 0 Å². The Morgan fingerprint density at radius 2 is 2.05 bits per heavy atom. The normalized spacial score (nSPS) is 11.6. The van der Waals surface area contributed by atoms with E-state index in [0.29, 0.717) is 5.56 Å². The second-order valence-electron chi connectivity index (χ2n) is 4.17. The molecule has 0 atom stereocenters. The highest BCUT2D eigenvalue weighted by molar-refractivity contribution is 5.95. The molecule has 0 aliphatic carbocycles. The minimum absolute atomic E-state index is 0.0202. The van der Waals surface area contributed by atoms with Crippen LogP contribution in [0.2, 0.25) is 0 Å². The maximum Gasteiger partial charge on any atom is 0.416 e. The number of hydrogen-bond donors (Lipinski definition) is 2. The number of anilines is 1. The summed E-state index contributed by atoms with van der Waals surface area (Å²) in [6, 6.07) is 4.78. The van der Waals surface area contributed by atoms with Crippen molar-refractivity contribution in [3.8, 4) is 0 Å². The van der Waals surface area contributed by atoms with Crippen LogP contribution in [0, 0.1) is 0 Å². The van der Waals surface area contributed by atoms with Crippen molar-refractivity contribution in [2.75, 3.05) is 5.73 Å². The number of alkyl halides is 3. The van der Waals surface area contributed by atoms with Gasteiger partial charge in [-0.1, -0.05) is 12.1 Å². The Hall–Kier alpha value is -2.51. The molecule has 0 spiro atoms. The zero-order valence-electron chi connectivity index (χ0n) is 10.2. The van der Waals surface area contributed by atoms with Crippen molar-refractivity contribution in [3.05, 3.63) is 47.4 Å². The number of hydrogen-bond acceptors (Lipinski definition) is 3. The van der Waals surface area contributed by atoms with Gasteiger partial charge in [-0.05, 0) is 17.7 Å². The molecule has 1 heterocycles. The largest absolute Gasteiger partial charge is 0.416 e. The predicted octanol–water partition coefficient (Wildman–Crippen LogP) is 1.63. The minimum Gasteiger partial charge on any atom is -0.382 e. The summed E-state index contributed by atoms with van der Waals surface area (Å²) < 4.78 is 39.1. The number of halogens is 3. The smallest absolute Gasteiger partial charge is 0.382 e. The first-order chi connectivity index (χ1) is 9.29. The fourth-order valence-electron chi connectivity index (χ4n) is 1.83. The molecule has 0 bridgehead atoms. The Bertz CT molecular complexity index is 648. The molecule has 0 fully saturated rings. The average Bonchev–Trinajstić information content (AvgIpc) is 2.69. The lowest BCUT2D eigenvalue weighted by molar-refractivity contribution is -0.137. The minimum atomic E-state index is -4.42. The first-order valence-electron chi connectivity index (χ1n) is 5.55. The molecule has 1 aromatic heterocycles. The molecule has 0 saturated heterocycles. The van der Waals surface area contributed by atoms with Crippen molar-refractivity contribution >= 4 is 11.7 Å². The van der Waals surface area contributed by atoms with E-state index in [1.165, 1.54) is 23.0 Å². The van der Waals surface area contributed by atoms with Crippen LogP contribution in [0.25, 0.3) is 0 Å². The fourth-order valence-corrected chi connectivity index (χ4v) is 1.83. The van der Waals surface area contributed by atoms with Crippen molar-refractivity contribution in [2.24, 2.45) is 5.73 Å². The van der Waals surface area contributed by atoms with E-state index in [-0.39, 0.29) is 18.1 Å². The molecule has 0 radical (unpaired) electrons. The van der Waals surface area contributed by atoms with Crippen LogP contribution >= 0.6 is 0 Å². The Balaban J connectivity index is 2.34. The summed E-state index contributed by atoms with van der Waals surface area (Å²) in [4.78, 5) is 14.9. The van der Waals surface area contributed by atoms with Crippen molar-refractivity contribution in [2.45, 2.75) is 12.7 Å². The lowest BCUT2D eigenvalue weighted by Gasteiger charge is -2.10. The van der Waals surface area contributed by atoms with Crippen molar-refractivity contribution < 1.29 is 18.0 Å². The maximum atomic E-state index is 12.6. The van der Waals surface area contributed by atoms with Gasteiger partial charge in [-0.15, -0.1) is 0 Å². The van der Waals surface area contributed by atoms with E-state index < -0.39 is 17.6 Å². The number of rotatable bonds is 3. The van der Waals surface area contributed by atoms with Crippen LogP contribution in [-0.4, -0.2) is 15.5 Å². The van der Waals surface area contributed by atoms with Crippen LogP contribution in [-0.2, 0) is 12.7 Å². The van der Waals surface area contributed by atoms with Gasteiger partial charge in [0.2, 0.25) is 0 Å². The van der Waals surface area contributed by atoms with Crippen molar-refractivity contribution in [1.82, 2.24) is 9.55 Å². The van der Waals surface area contributed by atoms with Gasteiger partial charge in [-0.3, -0.25) is 4.79 Å². The highest BCUT2D eigenvalue weighted by atomic mass is 19.4. The second kappa shape index (κ2) is 4.87.